The monoisotopic (exact) mass is 281 g/mol. The zero-order valence-corrected chi connectivity index (χ0v) is 12.7. The average Bonchev–Trinajstić information content (AvgIpc) is 2.84. The van der Waals surface area contributed by atoms with E-state index in [0.29, 0.717) is 17.8 Å². The fourth-order valence-electron chi connectivity index (χ4n) is 2.59. The van der Waals surface area contributed by atoms with Crippen molar-refractivity contribution in [2.24, 2.45) is 5.92 Å². The van der Waals surface area contributed by atoms with Gasteiger partial charge in [0.15, 0.2) is 0 Å². The van der Waals surface area contributed by atoms with Gasteiger partial charge in [-0.2, -0.15) is 0 Å². The largest absolute Gasteiger partial charge is 0.493 e. The summed E-state index contributed by atoms with van der Waals surface area (Å²) in [6.45, 7) is 6.30. The number of nitrogens with one attached hydrogen (secondary N) is 1. The molecule has 1 atom stereocenters. The van der Waals surface area contributed by atoms with Crippen LogP contribution < -0.4 is 10.1 Å². The molecule has 1 aromatic carbocycles. The van der Waals surface area contributed by atoms with Gasteiger partial charge in [0.25, 0.3) is 0 Å². The van der Waals surface area contributed by atoms with Crippen molar-refractivity contribution < 1.29 is 4.74 Å². The quantitative estimate of drug-likeness (QED) is 0.774. The summed E-state index contributed by atoms with van der Waals surface area (Å²) < 4.78 is 5.52. The van der Waals surface area contributed by atoms with Gasteiger partial charge in [0.05, 0.1) is 6.61 Å². The molecule has 0 radical (unpaired) electrons. The van der Waals surface area contributed by atoms with Gasteiger partial charge in [-0.15, -0.1) is 11.6 Å². The zero-order chi connectivity index (χ0) is 13.7. The number of halogens is 1. The third-order valence-electron chi connectivity index (χ3n) is 3.54. The molecular formula is C16H24ClNO. The van der Waals surface area contributed by atoms with E-state index in [1.807, 2.05) is 0 Å². The van der Waals surface area contributed by atoms with Crippen LogP contribution >= 0.6 is 11.6 Å². The highest BCUT2D eigenvalue weighted by molar-refractivity contribution is 6.18. The Kier molecular flexibility index (Phi) is 5.53. The van der Waals surface area contributed by atoms with E-state index in [1.165, 1.54) is 11.1 Å². The molecule has 0 fully saturated rings. The van der Waals surface area contributed by atoms with E-state index in [1.54, 1.807) is 0 Å². The van der Waals surface area contributed by atoms with Crippen molar-refractivity contribution in [1.29, 1.82) is 0 Å². The molecule has 1 N–H and O–H groups in total. The lowest BCUT2D eigenvalue weighted by molar-refractivity contribution is 0.357. The van der Waals surface area contributed by atoms with Crippen LogP contribution in [0.25, 0.3) is 0 Å². The van der Waals surface area contributed by atoms with E-state index in [0.717, 1.165) is 38.2 Å². The van der Waals surface area contributed by atoms with Crippen molar-refractivity contribution in [3.05, 3.63) is 29.3 Å². The summed E-state index contributed by atoms with van der Waals surface area (Å²) in [5, 5.41) is 3.55. The number of hydrogen-bond acceptors (Lipinski definition) is 2. The first-order valence-electron chi connectivity index (χ1n) is 7.23. The molecule has 106 valence electrons. The molecule has 1 heterocycles. The normalized spacial score (nSPS) is 15.4. The lowest BCUT2D eigenvalue weighted by Gasteiger charge is -2.18. The summed E-state index contributed by atoms with van der Waals surface area (Å²) in [4.78, 5) is 0. The maximum atomic E-state index is 5.99. The predicted molar refractivity (Wildman–Crippen MR) is 81.3 cm³/mol. The molecule has 0 amide bonds. The number of fused-ring (bicyclic) bond motifs is 1. The molecule has 2 nitrogen and oxygen atoms in total. The van der Waals surface area contributed by atoms with Gasteiger partial charge in [0, 0.05) is 18.3 Å². The van der Waals surface area contributed by atoms with Crippen molar-refractivity contribution in [3.8, 4) is 5.75 Å². The Balaban J connectivity index is 1.79. The molecule has 1 unspecified atom stereocenters. The van der Waals surface area contributed by atoms with Gasteiger partial charge >= 0.3 is 0 Å². The zero-order valence-electron chi connectivity index (χ0n) is 11.9. The van der Waals surface area contributed by atoms with Gasteiger partial charge in [-0.1, -0.05) is 26.0 Å². The molecule has 1 aromatic rings. The smallest absolute Gasteiger partial charge is 0.122 e. The highest BCUT2D eigenvalue weighted by atomic mass is 35.5. The Bertz CT molecular complexity index is 406. The molecule has 3 heteroatoms. The first-order chi connectivity index (χ1) is 9.19. The topological polar surface area (TPSA) is 21.3 Å². The standard InChI is InChI=1S/C16H24ClNO/c1-12(2)9-15(11-17)18-7-5-13-3-4-16-14(10-13)6-8-19-16/h3-4,10,12,15,18H,5-9,11H2,1-2H3. The van der Waals surface area contributed by atoms with Crippen LogP contribution in [-0.2, 0) is 12.8 Å². The SMILES string of the molecule is CC(C)CC(CCl)NCCc1ccc2c(c1)CCO2. The number of ether oxygens (including phenoxy) is 1. The molecule has 0 saturated carbocycles. The van der Waals surface area contributed by atoms with E-state index >= 15 is 0 Å². The lowest BCUT2D eigenvalue weighted by atomic mass is 10.0. The van der Waals surface area contributed by atoms with Crippen LogP contribution in [0, 0.1) is 5.92 Å². The Labute approximate surface area is 121 Å². The number of alkyl halides is 1. The van der Waals surface area contributed by atoms with Crippen LogP contribution in [0.2, 0.25) is 0 Å². The summed E-state index contributed by atoms with van der Waals surface area (Å²) in [7, 11) is 0. The van der Waals surface area contributed by atoms with E-state index in [9.17, 15) is 0 Å². The second kappa shape index (κ2) is 7.16. The number of rotatable bonds is 7. The summed E-state index contributed by atoms with van der Waals surface area (Å²) in [5.41, 5.74) is 2.74. The Morgan fingerprint density at radius 1 is 1.37 bits per heavy atom. The fraction of sp³-hybridized carbons (Fsp3) is 0.625. The first kappa shape index (κ1) is 14.7. The van der Waals surface area contributed by atoms with E-state index in [4.69, 9.17) is 16.3 Å². The van der Waals surface area contributed by atoms with Crippen LogP contribution in [0.3, 0.4) is 0 Å². The number of benzene rings is 1. The molecule has 0 bridgehead atoms. The van der Waals surface area contributed by atoms with E-state index in [2.05, 4.69) is 37.4 Å². The molecule has 0 spiro atoms. The van der Waals surface area contributed by atoms with Crippen molar-refractivity contribution in [1.82, 2.24) is 5.32 Å². The summed E-state index contributed by atoms with van der Waals surface area (Å²) in [5.74, 6) is 2.44. The highest BCUT2D eigenvalue weighted by Gasteiger charge is 2.12. The van der Waals surface area contributed by atoms with Gasteiger partial charge in [0.2, 0.25) is 0 Å². The summed E-state index contributed by atoms with van der Waals surface area (Å²) in [6.07, 6.45) is 3.24. The molecule has 0 aliphatic carbocycles. The Hall–Kier alpha value is -0.730. The van der Waals surface area contributed by atoms with Crippen molar-refractivity contribution in [2.45, 2.75) is 39.2 Å². The highest BCUT2D eigenvalue weighted by Crippen LogP contribution is 2.25. The fourth-order valence-corrected chi connectivity index (χ4v) is 2.82. The Morgan fingerprint density at radius 2 is 2.21 bits per heavy atom. The molecule has 19 heavy (non-hydrogen) atoms. The second-order valence-corrected chi connectivity index (χ2v) is 6.03. The molecule has 0 saturated heterocycles. The average molecular weight is 282 g/mol. The summed E-state index contributed by atoms with van der Waals surface area (Å²) >= 11 is 5.99. The third kappa shape index (κ3) is 4.39. The molecule has 1 aliphatic rings. The van der Waals surface area contributed by atoms with Crippen LogP contribution in [0.5, 0.6) is 5.75 Å². The number of hydrogen-bond donors (Lipinski definition) is 1. The summed E-state index contributed by atoms with van der Waals surface area (Å²) in [6, 6.07) is 6.98. The van der Waals surface area contributed by atoms with Crippen molar-refractivity contribution in [2.75, 3.05) is 19.0 Å². The predicted octanol–water partition coefficient (Wildman–Crippen LogP) is 3.41. The second-order valence-electron chi connectivity index (χ2n) is 5.73. The lowest BCUT2D eigenvalue weighted by Crippen LogP contribution is -2.33. The van der Waals surface area contributed by atoms with Gasteiger partial charge in [0.1, 0.15) is 5.75 Å². The molecule has 2 rings (SSSR count). The third-order valence-corrected chi connectivity index (χ3v) is 3.92. The van der Waals surface area contributed by atoms with Crippen LogP contribution in [0.4, 0.5) is 0 Å². The van der Waals surface area contributed by atoms with E-state index < -0.39 is 0 Å². The molecular weight excluding hydrogens is 258 g/mol. The van der Waals surface area contributed by atoms with Gasteiger partial charge < -0.3 is 10.1 Å². The maximum absolute atomic E-state index is 5.99. The van der Waals surface area contributed by atoms with Crippen molar-refractivity contribution in [3.63, 3.8) is 0 Å². The van der Waals surface area contributed by atoms with Gasteiger partial charge in [-0.05, 0) is 42.5 Å². The Morgan fingerprint density at radius 3 is 2.95 bits per heavy atom. The molecule has 0 aromatic heterocycles. The van der Waals surface area contributed by atoms with Crippen LogP contribution in [0.1, 0.15) is 31.4 Å². The van der Waals surface area contributed by atoms with Gasteiger partial charge in [-0.3, -0.25) is 0 Å². The minimum atomic E-state index is 0.430. The first-order valence-corrected chi connectivity index (χ1v) is 7.76. The maximum Gasteiger partial charge on any atom is 0.122 e. The minimum absolute atomic E-state index is 0.430. The molecule has 1 aliphatic heterocycles. The van der Waals surface area contributed by atoms with Crippen LogP contribution in [0.15, 0.2) is 18.2 Å². The van der Waals surface area contributed by atoms with Crippen molar-refractivity contribution >= 4 is 11.6 Å². The van der Waals surface area contributed by atoms with Crippen LogP contribution in [-0.4, -0.2) is 25.1 Å². The van der Waals surface area contributed by atoms with Gasteiger partial charge in [-0.25, -0.2) is 0 Å². The minimum Gasteiger partial charge on any atom is -0.493 e. The van der Waals surface area contributed by atoms with E-state index in [-0.39, 0.29) is 0 Å².